The van der Waals surface area contributed by atoms with E-state index in [1.54, 1.807) is 4.90 Å². The van der Waals surface area contributed by atoms with Crippen molar-refractivity contribution in [3.63, 3.8) is 0 Å². The van der Waals surface area contributed by atoms with Gasteiger partial charge in [0.1, 0.15) is 6.04 Å². The van der Waals surface area contributed by atoms with Crippen molar-refractivity contribution >= 4 is 17.6 Å². The molecule has 120 valence electrons. The van der Waals surface area contributed by atoms with Gasteiger partial charge in [0.2, 0.25) is 5.91 Å². The van der Waals surface area contributed by atoms with Crippen molar-refractivity contribution in [1.29, 1.82) is 0 Å². The molecule has 1 atom stereocenters. The third kappa shape index (κ3) is 3.65. The SMILES string of the molecule is COC(=O)C1CCCN1CC(=O)N(c1ccccc1)C(C)C. The summed E-state index contributed by atoms with van der Waals surface area (Å²) in [5, 5.41) is 0. The summed E-state index contributed by atoms with van der Waals surface area (Å²) in [5.41, 5.74) is 0.885. The van der Waals surface area contributed by atoms with Gasteiger partial charge < -0.3 is 9.64 Å². The Labute approximate surface area is 131 Å². The second-order valence-electron chi connectivity index (χ2n) is 5.84. The van der Waals surface area contributed by atoms with E-state index in [0.29, 0.717) is 0 Å². The van der Waals surface area contributed by atoms with Gasteiger partial charge in [-0.3, -0.25) is 14.5 Å². The maximum atomic E-state index is 12.7. The van der Waals surface area contributed by atoms with Gasteiger partial charge in [-0.1, -0.05) is 18.2 Å². The summed E-state index contributed by atoms with van der Waals surface area (Å²) in [5.74, 6) is -0.238. The molecule has 2 rings (SSSR count). The van der Waals surface area contributed by atoms with Gasteiger partial charge in [0.25, 0.3) is 0 Å². The van der Waals surface area contributed by atoms with Crippen LogP contribution in [0.1, 0.15) is 26.7 Å². The summed E-state index contributed by atoms with van der Waals surface area (Å²) in [6, 6.07) is 9.41. The third-order valence-corrected chi connectivity index (χ3v) is 3.99. The highest BCUT2D eigenvalue weighted by Gasteiger charge is 2.34. The average Bonchev–Trinajstić information content (AvgIpc) is 2.95. The topological polar surface area (TPSA) is 49.9 Å². The largest absolute Gasteiger partial charge is 0.468 e. The summed E-state index contributed by atoms with van der Waals surface area (Å²) in [6.45, 7) is 4.98. The zero-order chi connectivity index (χ0) is 16.1. The van der Waals surface area contributed by atoms with Crippen LogP contribution in [0, 0.1) is 0 Å². The van der Waals surface area contributed by atoms with E-state index < -0.39 is 0 Å². The summed E-state index contributed by atoms with van der Waals surface area (Å²) in [7, 11) is 1.39. The van der Waals surface area contributed by atoms with Crippen molar-refractivity contribution in [2.24, 2.45) is 0 Å². The van der Waals surface area contributed by atoms with Crippen molar-refractivity contribution in [3.8, 4) is 0 Å². The van der Waals surface area contributed by atoms with E-state index >= 15 is 0 Å². The highest BCUT2D eigenvalue weighted by atomic mass is 16.5. The Hall–Kier alpha value is -1.88. The maximum absolute atomic E-state index is 12.7. The minimum absolute atomic E-state index is 0.0111. The highest BCUT2D eigenvalue weighted by molar-refractivity contribution is 5.95. The van der Waals surface area contributed by atoms with E-state index in [2.05, 4.69) is 0 Å². The summed E-state index contributed by atoms with van der Waals surface area (Å²) >= 11 is 0. The molecule has 1 aromatic carbocycles. The quantitative estimate of drug-likeness (QED) is 0.781. The molecule has 1 aromatic rings. The number of likely N-dealkylation sites (tertiary alicyclic amines) is 1. The van der Waals surface area contributed by atoms with Crippen molar-refractivity contribution in [2.45, 2.75) is 38.8 Å². The number of esters is 1. The second-order valence-corrected chi connectivity index (χ2v) is 5.84. The van der Waals surface area contributed by atoms with Gasteiger partial charge in [0.05, 0.1) is 13.7 Å². The Morgan fingerprint density at radius 2 is 2.00 bits per heavy atom. The lowest BCUT2D eigenvalue weighted by Crippen LogP contribution is -2.47. The van der Waals surface area contributed by atoms with E-state index in [9.17, 15) is 9.59 Å². The number of hydrogen-bond acceptors (Lipinski definition) is 4. The average molecular weight is 304 g/mol. The Morgan fingerprint density at radius 1 is 1.32 bits per heavy atom. The molecule has 5 heteroatoms. The van der Waals surface area contributed by atoms with Crippen LogP contribution in [0.4, 0.5) is 5.69 Å². The first kappa shape index (κ1) is 16.5. The number of amides is 1. The predicted octanol–water partition coefficient (Wildman–Crippen LogP) is 2.07. The molecule has 1 fully saturated rings. The Bertz CT molecular complexity index is 516. The molecular weight excluding hydrogens is 280 g/mol. The second kappa shape index (κ2) is 7.40. The van der Waals surface area contributed by atoms with Gasteiger partial charge >= 0.3 is 5.97 Å². The van der Waals surface area contributed by atoms with Gasteiger partial charge in [-0.2, -0.15) is 0 Å². The van der Waals surface area contributed by atoms with Crippen LogP contribution in [0.25, 0.3) is 0 Å². The van der Waals surface area contributed by atoms with Crippen LogP contribution < -0.4 is 4.90 Å². The van der Waals surface area contributed by atoms with Gasteiger partial charge in [-0.25, -0.2) is 0 Å². The summed E-state index contributed by atoms with van der Waals surface area (Å²) in [4.78, 5) is 28.2. The number of benzene rings is 1. The number of nitrogens with zero attached hydrogens (tertiary/aromatic N) is 2. The Balaban J connectivity index is 2.10. The predicted molar refractivity (Wildman–Crippen MR) is 85.7 cm³/mol. The van der Waals surface area contributed by atoms with Crippen LogP contribution in [0.5, 0.6) is 0 Å². The van der Waals surface area contributed by atoms with Crippen LogP contribution in [0.3, 0.4) is 0 Å². The molecule has 0 saturated carbocycles. The molecule has 0 aliphatic carbocycles. The first-order valence-corrected chi connectivity index (χ1v) is 7.73. The van der Waals surface area contributed by atoms with E-state index in [-0.39, 0.29) is 30.5 Å². The highest BCUT2D eigenvalue weighted by Crippen LogP contribution is 2.21. The molecular formula is C17H24N2O3. The molecule has 0 bridgehead atoms. The summed E-state index contributed by atoms with van der Waals surface area (Å²) < 4.78 is 4.83. The molecule has 1 aliphatic heterocycles. The molecule has 1 unspecified atom stereocenters. The van der Waals surface area contributed by atoms with E-state index in [1.807, 2.05) is 49.1 Å². The van der Waals surface area contributed by atoms with Crippen molar-refractivity contribution < 1.29 is 14.3 Å². The number of carbonyl (C=O) groups excluding carboxylic acids is 2. The monoisotopic (exact) mass is 304 g/mol. The molecule has 1 amide bonds. The number of methoxy groups -OCH3 is 1. The van der Waals surface area contributed by atoms with E-state index in [4.69, 9.17) is 4.74 Å². The lowest BCUT2D eigenvalue weighted by molar-refractivity contribution is -0.146. The molecule has 0 spiro atoms. The molecule has 22 heavy (non-hydrogen) atoms. The van der Waals surface area contributed by atoms with E-state index in [0.717, 1.165) is 25.1 Å². The number of carbonyl (C=O) groups is 2. The smallest absolute Gasteiger partial charge is 0.323 e. The minimum atomic E-state index is -0.293. The normalized spacial score (nSPS) is 18.5. The molecule has 0 radical (unpaired) electrons. The Morgan fingerprint density at radius 3 is 2.59 bits per heavy atom. The standard InChI is InChI=1S/C17H24N2O3/c1-13(2)19(14-8-5-4-6-9-14)16(20)12-18-11-7-10-15(18)17(21)22-3/h4-6,8-9,13,15H,7,10-12H2,1-3H3. The first-order valence-electron chi connectivity index (χ1n) is 7.73. The number of rotatable bonds is 5. The number of ether oxygens (including phenoxy) is 1. The van der Waals surface area contributed by atoms with Gasteiger partial charge in [0.15, 0.2) is 0 Å². The number of para-hydroxylation sites is 1. The fraction of sp³-hybridized carbons (Fsp3) is 0.529. The first-order chi connectivity index (χ1) is 10.5. The van der Waals surface area contributed by atoms with Gasteiger partial charge in [-0.15, -0.1) is 0 Å². The third-order valence-electron chi connectivity index (χ3n) is 3.99. The van der Waals surface area contributed by atoms with Crippen LogP contribution in [0.2, 0.25) is 0 Å². The molecule has 1 saturated heterocycles. The molecule has 0 aromatic heterocycles. The zero-order valence-electron chi connectivity index (χ0n) is 13.5. The van der Waals surface area contributed by atoms with E-state index in [1.165, 1.54) is 7.11 Å². The maximum Gasteiger partial charge on any atom is 0.323 e. The van der Waals surface area contributed by atoms with Crippen molar-refractivity contribution in [3.05, 3.63) is 30.3 Å². The van der Waals surface area contributed by atoms with Crippen LogP contribution in [-0.2, 0) is 14.3 Å². The van der Waals surface area contributed by atoms with Crippen LogP contribution in [-0.4, -0.2) is 49.1 Å². The van der Waals surface area contributed by atoms with Crippen LogP contribution in [0.15, 0.2) is 30.3 Å². The lowest BCUT2D eigenvalue weighted by Gasteiger charge is -2.30. The lowest BCUT2D eigenvalue weighted by atomic mass is 10.2. The molecule has 1 aliphatic rings. The summed E-state index contributed by atoms with van der Waals surface area (Å²) in [6.07, 6.45) is 1.67. The minimum Gasteiger partial charge on any atom is -0.468 e. The number of anilines is 1. The molecule has 1 heterocycles. The fourth-order valence-corrected chi connectivity index (χ4v) is 2.99. The molecule has 5 nitrogen and oxygen atoms in total. The van der Waals surface area contributed by atoms with Gasteiger partial charge in [0, 0.05) is 11.7 Å². The Kier molecular flexibility index (Phi) is 5.55. The number of hydrogen-bond donors (Lipinski definition) is 0. The molecule has 0 N–H and O–H groups in total. The fourth-order valence-electron chi connectivity index (χ4n) is 2.99. The van der Waals surface area contributed by atoms with Crippen LogP contribution >= 0.6 is 0 Å². The van der Waals surface area contributed by atoms with Crippen molar-refractivity contribution in [2.75, 3.05) is 25.1 Å². The zero-order valence-corrected chi connectivity index (χ0v) is 13.5. The van der Waals surface area contributed by atoms with Crippen molar-refractivity contribution in [1.82, 2.24) is 4.90 Å². The van der Waals surface area contributed by atoms with Gasteiger partial charge in [-0.05, 0) is 45.4 Å².